The van der Waals surface area contributed by atoms with Crippen LogP contribution < -0.4 is 0 Å². The normalized spacial score (nSPS) is 13.5. The largest absolute Gasteiger partial charge is 0.481 e. The molecular weight excluding hydrogens is 257 g/mol. The van der Waals surface area contributed by atoms with Crippen molar-refractivity contribution in [3.63, 3.8) is 0 Å². The molecule has 1 N–H and O–H groups in total. The monoisotopic (exact) mass is 266 g/mol. The summed E-state index contributed by atoms with van der Waals surface area (Å²) in [4.78, 5) is 10.5. The van der Waals surface area contributed by atoms with Crippen molar-refractivity contribution in [2.45, 2.75) is 25.4 Å². The van der Waals surface area contributed by atoms with Gasteiger partial charge in [-0.05, 0) is 29.7 Å². The third kappa shape index (κ3) is 3.63. The highest BCUT2D eigenvalue weighted by Crippen LogP contribution is 2.35. The van der Waals surface area contributed by atoms with Crippen LogP contribution in [0.2, 0.25) is 5.02 Å². The summed E-state index contributed by atoms with van der Waals surface area (Å²) in [6.07, 6.45) is -4.72. The van der Waals surface area contributed by atoms with Gasteiger partial charge in [0, 0.05) is 5.02 Å². The molecule has 1 unspecified atom stereocenters. The van der Waals surface area contributed by atoms with Crippen LogP contribution in [0, 0.1) is 0 Å². The number of halogens is 4. The molecule has 0 aliphatic carbocycles. The Labute approximate surface area is 101 Å². The first-order chi connectivity index (χ1) is 7.71. The van der Waals surface area contributed by atoms with Crippen LogP contribution in [0.25, 0.3) is 0 Å². The van der Waals surface area contributed by atoms with Crippen molar-refractivity contribution < 1.29 is 23.1 Å². The molecule has 1 atom stereocenters. The van der Waals surface area contributed by atoms with Crippen molar-refractivity contribution in [3.8, 4) is 0 Å². The smallest absolute Gasteiger partial charge is 0.416 e. The maximum Gasteiger partial charge on any atom is 0.416 e. The molecule has 94 valence electrons. The van der Waals surface area contributed by atoms with E-state index in [0.717, 1.165) is 18.2 Å². The first-order valence-electron chi connectivity index (χ1n) is 4.80. The van der Waals surface area contributed by atoms with Gasteiger partial charge < -0.3 is 5.11 Å². The minimum absolute atomic E-state index is 0.145. The highest BCUT2D eigenvalue weighted by Gasteiger charge is 2.31. The van der Waals surface area contributed by atoms with Crippen LogP contribution in [-0.4, -0.2) is 11.1 Å². The Balaban J connectivity index is 3.10. The summed E-state index contributed by atoms with van der Waals surface area (Å²) in [5.41, 5.74) is -0.627. The fraction of sp³-hybridized carbons (Fsp3) is 0.364. The lowest BCUT2D eigenvalue weighted by molar-refractivity contribution is -0.138. The van der Waals surface area contributed by atoms with Gasteiger partial charge in [0.05, 0.1) is 12.0 Å². The molecule has 0 spiro atoms. The SMILES string of the molecule is CC(CC(=O)O)c1cc(C(F)(F)F)ccc1Cl. The second-order valence-electron chi connectivity index (χ2n) is 3.73. The number of carbonyl (C=O) groups is 1. The highest BCUT2D eigenvalue weighted by atomic mass is 35.5. The topological polar surface area (TPSA) is 37.3 Å². The number of hydrogen-bond acceptors (Lipinski definition) is 1. The number of carboxylic acids is 1. The summed E-state index contributed by atoms with van der Waals surface area (Å²) in [6.45, 7) is 1.52. The van der Waals surface area contributed by atoms with E-state index < -0.39 is 23.6 Å². The third-order valence-electron chi connectivity index (χ3n) is 2.34. The molecule has 0 aromatic heterocycles. The molecule has 17 heavy (non-hydrogen) atoms. The lowest BCUT2D eigenvalue weighted by Gasteiger charge is -2.14. The highest BCUT2D eigenvalue weighted by molar-refractivity contribution is 6.31. The zero-order valence-electron chi connectivity index (χ0n) is 8.88. The van der Waals surface area contributed by atoms with Gasteiger partial charge in [-0.2, -0.15) is 13.2 Å². The first kappa shape index (κ1) is 13.8. The summed E-state index contributed by atoms with van der Waals surface area (Å²) in [7, 11) is 0. The molecule has 1 rings (SSSR count). The predicted molar refractivity (Wildman–Crippen MR) is 57.1 cm³/mol. The fourth-order valence-electron chi connectivity index (χ4n) is 1.47. The predicted octanol–water partition coefficient (Wildman–Crippen LogP) is 3.94. The molecule has 0 bridgehead atoms. The van der Waals surface area contributed by atoms with Gasteiger partial charge in [0.2, 0.25) is 0 Å². The summed E-state index contributed by atoms with van der Waals surface area (Å²) < 4.78 is 37.4. The Bertz CT molecular complexity index is 429. The van der Waals surface area contributed by atoms with Crippen LogP contribution in [0.1, 0.15) is 30.4 Å². The molecule has 6 heteroatoms. The molecule has 0 aliphatic heterocycles. The molecule has 0 amide bonds. The van der Waals surface area contributed by atoms with Crippen molar-refractivity contribution in [2.75, 3.05) is 0 Å². The van der Waals surface area contributed by atoms with Crippen LogP contribution in [0.15, 0.2) is 18.2 Å². The molecule has 0 aliphatic rings. The van der Waals surface area contributed by atoms with E-state index in [0.29, 0.717) is 0 Å². The number of alkyl halides is 3. The molecule has 2 nitrogen and oxygen atoms in total. The molecule has 0 heterocycles. The summed E-state index contributed by atoms with van der Waals surface area (Å²) in [5.74, 6) is -1.65. The van der Waals surface area contributed by atoms with E-state index in [1.54, 1.807) is 0 Å². The van der Waals surface area contributed by atoms with Crippen molar-refractivity contribution in [1.82, 2.24) is 0 Å². The summed E-state index contributed by atoms with van der Waals surface area (Å²) >= 11 is 5.76. The van der Waals surface area contributed by atoms with Gasteiger partial charge in [0.15, 0.2) is 0 Å². The van der Waals surface area contributed by atoms with Crippen molar-refractivity contribution in [3.05, 3.63) is 34.3 Å². The quantitative estimate of drug-likeness (QED) is 0.900. The molecule has 1 aromatic rings. The average Bonchev–Trinajstić information content (AvgIpc) is 2.15. The van der Waals surface area contributed by atoms with Crippen LogP contribution in [0.5, 0.6) is 0 Å². The molecular formula is C11H10ClF3O2. The Kier molecular flexibility index (Phi) is 4.03. The van der Waals surface area contributed by atoms with Gasteiger partial charge in [0.1, 0.15) is 0 Å². The van der Waals surface area contributed by atoms with E-state index in [4.69, 9.17) is 16.7 Å². The molecule has 0 saturated carbocycles. The summed E-state index contributed by atoms with van der Waals surface area (Å²) in [5, 5.41) is 8.75. The van der Waals surface area contributed by atoms with Crippen molar-refractivity contribution in [1.29, 1.82) is 0 Å². The molecule has 0 radical (unpaired) electrons. The van der Waals surface area contributed by atoms with Crippen molar-refractivity contribution in [2.24, 2.45) is 0 Å². The van der Waals surface area contributed by atoms with E-state index in [1.165, 1.54) is 6.92 Å². The second-order valence-corrected chi connectivity index (χ2v) is 4.14. The minimum Gasteiger partial charge on any atom is -0.481 e. The van der Waals surface area contributed by atoms with E-state index in [9.17, 15) is 18.0 Å². The standard InChI is InChI=1S/C11H10ClF3O2/c1-6(4-10(16)17)8-5-7(11(13,14)15)2-3-9(8)12/h2-3,5-6H,4H2,1H3,(H,16,17). The number of aliphatic carboxylic acids is 1. The Hall–Kier alpha value is -1.23. The second kappa shape index (κ2) is 4.96. The fourth-order valence-corrected chi connectivity index (χ4v) is 1.77. The van der Waals surface area contributed by atoms with Gasteiger partial charge in [-0.3, -0.25) is 4.79 Å². The van der Waals surface area contributed by atoms with Gasteiger partial charge in [0.25, 0.3) is 0 Å². The first-order valence-corrected chi connectivity index (χ1v) is 5.18. The Morgan fingerprint density at radius 2 is 2.06 bits per heavy atom. The van der Waals surface area contributed by atoms with Crippen LogP contribution in [0.4, 0.5) is 13.2 Å². The number of benzene rings is 1. The van der Waals surface area contributed by atoms with Crippen LogP contribution in [0.3, 0.4) is 0 Å². The molecule has 0 fully saturated rings. The van der Waals surface area contributed by atoms with Gasteiger partial charge in [-0.15, -0.1) is 0 Å². The lowest BCUT2D eigenvalue weighted by atomic mass is 9.96. The van der Waals surface area contributed by atoms with E-state index >= 15 is 0 Å². The zero-order valence-corrected chi connectivity index (χ0v) is 9.64. The maximum absolute atomic E-state index is 12.5. The maximum atomic E-state index is 12.5. The summed E-state index contributed by atoms with van der Waals surface area (Å²) in [6, 6.07) is 2.91. The van der Waals surface area contributed by atoms with Gasteiger partial charge in [-0.1, -0.05) is 18.5 Å². The van der Waals surface area contributed by atoms with Crippen LogP contribution >= 0.6 is 11.6 Å². The lowest BCUT2D eigenvalue weighted by Crippen LogP contribution is -2.08. The van der Waals surface area contributed by atoms with Crippen LogP contribution in [-0.2, 0) is 11.0 Å². The molecule has 1 aromatic carbocycles. The Morgan fingerprint density at radius 3 is 2.53 bits per heavy atom. The van der Waals surface area contributed by atoms with E-state index in [2.05, 4.69) is 0 Å². The number of rotatable bonds is 3. The van der Waals surface area contributed by atoms with Crippen molar-refractivity contribution >= 4 is 17.6 Å². The number of carboxylic acid groups (broad SMARTS) is 1. The minimum atomic E-state index is -4.46. The van der Waals surface area contributed by atoms with E-state index in [-0.39, 0.29) is 17.0 Å². The van der Waals surface area contributed by atoms with Gasteiger partial charge in [-0.25, -0.2) is 0 Å². The molecule has 0 saturated heterocycles. The van der Waals surface area contributed by atoms with Gasteiger partial charge >= 0.3 is 12.1 Å². The zero-order chi connectivity index (χ0) is 13.2. The van der Waals surface area contributed by atoms with E-state index in [1.807, 2.05) is 0 Å². The Morgan fingerprint density at radius 1 is 1.47 bits per heavy atom. The number of hydrogen-bond donors (Lipinski definition) is 1. The average molecular weight is 267 g/mol. The third-order valence-corrected chi connectivity index (χ3v) is 2.68.